The fraction of sp³-hybridized carbons (Fsp3) is 0.647. The van der Waals surface area contributed by atoms with Crippen molar-refractivity contribution in [2.75, 3.05) is 20.3 Å². The molecular formula is C17H27NO2. The summed E-state index contributed by atoms with van der Waals surface area (Å²) in [7, 11) is 1.99. The van der Waals surface area contributed by atoms with E-state index in [0.29, 0.717) is 12.7 Å². The van der Waals surface area contributed by atoms with Crippen molar-refractivity contribution < 1.29 is 9.47 Å². The van der Waals surface area contributed by atoms with E-state index in [0.717, 1.165) is 12.4 Å². The lowest BCUT2D eigenvalue weighted by Crippen LogP contribution is -2.26. The molecule has 0 heterocycles. The number of likely N-dealkylation sites (N-methyl/N-ethyl adjacent to an activating group) is 1. The molecule has 0 aliphatic heterocycles. The van der Waals surface area contributed by atoms with Gasteiger partial charge in [0.25, 0.3) is 0 Å². The Morgan fingerprint density at radius 1 is 1.15 bits per heavy atom. The molecule has 3 nitrogen and oxygen atoms in total. The van der Waals surface area contributed by atoms with E-state index in [1.165, 1.54) is 37.7 Å². The van der Waals surface area contributed by atoms with Crippen molar-refractivity contribution >= 4 is 0 Å². The van der Waals surface area contributed by atoms with Gasteiger partial charge in [0, 0.05) is 0 Å². The minimum absolute atomic E-state index is 0.257. The second-order valence-electron chi connectivity index (χ2n) is 5.44. The smallest absolute Gasteiger partial charge is 0.119 e. The first-order valence-electron chi connectivity index (χ1n) is 7.85. The molecule has 0 spiro atoms. The van der Waals surface area contributed by atoms with Gasteiger partial charge in [-0.2, -0.15) is 0 Å². The molecule has 3 heteroatoms. The zero-order valence-corrected chi connectivity index (χ0v) is 12.7. The maximum absolute atomic E-state index is 6.07. The summed E-state index contributed by atoms with van der Waals surface area (Å²) in [5.41, 5.74) is 1.26. The van der Waals surface area contributed by atoms with Crippen LogP contribution in [0, 0.1) is 0 Å². The van der Waals surface area contributed by atoms with E-state index in [4.69, 9.17) is 9.47 Å². The Morgan fingerprint density at radius 3 is 2.45 bits per heavy atom. The monoisotopic (exact) mass is 277 g/mol. The molecule has 0 saturated heterocycles. The molecule has 1 atom stereocenters. The van der Waals surface area contributed by atoms with Gasteiger partial charge in [-0.3, -0.25) is 0 Å². The molecule has 1 aromatic carbocycles. The average molecular weight is 277 g/mol. The standard InChI is InChI=1S/C17H27NO2/c1-3-19-16-11-9-14(10-12-16)17(18-2)13-20-15-7-5-4-6-8-15/h9-12,15,17-18H,3-8,13H2,1-2H3. The molecular weight excluding hydrogens is 250 g/mol. The van der Waals surface area contributed by atoms with Crippen molar-refractivity contribution in [2.45, 2.75) is 51.2 Å². The fourth-order valence-corrected chi connectivity index (χ4v) is 2.77. The van der Waals surface area contributed by atoms with Gasteiger partial charge in [0.2, 0.25) is 0 Å². The normalized spacial score (nSPS) is 17.9. The SMILES string of the molecule is CCOc1ccc(C(COC2CCCCC2)NC)cc1. The van der Waals surface area contributed by atoms with Gasteiger partial charge in [0.05, 0.1) is 25.4 Å². The van der Waals surface area contributed by atoms with E-state index < -0.39 is 0 Å². The molecule has 0 aromatic heterocycles. The number of hydrogen-bond donors (Lipinski definition) is 1. The average Bonchev–Trinajstić information content (AvgIpc) is 2.51. The van der Waals surface area contributed by atoms with Crippen LogP contribution in [0.4, 0.5) is 0 Å². The van der Waals surface area contributed by atoms with Crippen LogP contribution in [0.3, 0.4) is 0 Å². The third kappa shape index (κ3) is 4.50. The first kappa shape index (κ1) is 15.3. The lowest BCUT2D eigenvalue weighted by Gasteiger charge is -2.25. The highest BCUT2D eigenvalue weighted by Gasteiger charge is 2.16. The lowest BCUT2D eigenvalue weighted by atomic mass is 9.97. The maximum Gasteiger partial charge on any atom is 0.119 e. The Labute approximate surface area is 122 Å². The summed E-state index contributed by atoms with van der Waals surface area (Å²) in [6.07, 6.45) is 6.91. The van der Waals surface area contributed by atoms with E-state index in [9.17, 15) is 0 Å². The molecule has 0 bridgehead atoms. The third-order valence-electron chi connectivity index (χ3n) is 3.99. The van der Waals surface area contributed by atoms with Crippen LogP contribution in [-0.4, -0.2) is 26.4 Å². The minimum Gasteiger partial charge on any atom is -0.494 e. The van der Waals surface area contributed by atoms with Crippen LogP contribution in [0.25, 0.3) is 0 Å². The van der Waals surface area contributed by atoms with Crippen molar-refractivity contribution in [1.82, 2.24) is 5.32 Å². The number of hydrogen-bond acceptors (Lipinski definition) is 3. The van der Waals surface area contributed by atoms with Gasteiger partial charge in [-0.15, -0.1) is 0 Å². The van der Waals surface area contributed by atoms with Crippen LogP contribution in [0.15, 0.2) is 24.3 Å². The van der Waals surface area contributed by atoms with E-state index in [1.54, 1.807) is 0 Å². The van der Waals surface area contributed by atoms with Crippen LogP contribution < -0.4 is 10.1 Å². The Morgan fingerprint density at radius 2 is 1.85 bits per heavy atom. The molecule has 20 heavy (non-hydrogen) atoms. The van der Waals surface area contributed by atoms with Crippen LogP contribution in [0.1, 0.15) is 50.6 Å². The molecule has 0 amide bonds. The quantitative estimate of drug-likeness (QED) is 0.824. The van der Waals surface area contributed by atoms with Crippen molar-refractivity contribution in [3.8, 4) is 5.75 Å². The molecule has 112 valence electrons. The number of ether oxygens (including phenoxy) is 2. The van der Waals surface area contributed by atoms with Gasteiger partial charge in [-0.25, -0.2) is 0 Å². The highest BCUT2D eigenvalue weighted by molar-refractivity contribution is 5.29. The topological polar surface area (TPSA) is 30.5 Å². The van der Waals surface area contributed by atoms with Gasteiger partial charge in [0.15, 0.2) is 0 Å². The summed E-state index contributed by atoms with van der Waals surface area (Å²) in [6, 6.07) is 8.56. The van der Waals surface area contributed by atoms with Crippen molar-refractivity contribution in [3.63, 3.8) is 0 Å². The van der Waals surface area contributed by atoms with Crippen LogP contribution in [0.2, 0.25) is 0 Å². The van der Waals surface area contributed by atoms with Crippen molar-refractivity contribution in [2.24, 2.45) is 0 Å². The van der Waals surface area contributed by atoms with Gasteiger partial charge >= 0.3 is 0 Å². The van der Waals surface area contributed by atoms with Crippen LogP contribution in [0.5, 0.6) is 5.75 Å². The lowest BCUT2D eigenvalue weighted by molar-refractivity contribution is 0.0165. The van der Waals surface area contributed by atoms with Crippen LogP contribution in [-0.2, 0) is 4.74 Å². The second kappa shape index (κ2) is 8.28. The summed E-state index contributed by atoms with van der Waals surface area (Å²) in [5.74, 6) is 0.930. The van der Waals surface area contributed by atoms with E-state index in [1.807, 2.05) is 26.1 Å². The maximum atomic E-state index is 6.07. The minimum atomic E-state index is 0.257. The highest BCUT2D eigenvalue weighted by atomic mass is 16.5. The van der Waals surface area contributed by atoms with Crippen molar-refractivity contribution in [1.29, 1.82) is 0 Å². The van der Waals surface area contributed by atoms with Gasteiger partial charge in [-0.1, -0.05) is 31.4 Å². The molecule has 1 aromatic rings. The summed E-state index contributed by atoms with van der Waals surface area (Å²) in [4.78, 5) is 0. The second-order valence-corrected chi connectivity index (χ2v) is 5.44. The van der Waals surface area contributed by atoms with Gasteiger partial charge in [0.1, 0.15) is 5.75 Å². The number of rotatable bonds is 7. The molecule has 1 saturated carbocycles. The Kier molecular flexibility index (Phi) is 6.34. The molecule has 1 aliphatic carbocycles. The molecule has 0 radical (unpaired) electrons. The van der Waals surface area contributed by atoms with E-state index >= 15 is 0 Å². The first-order valence-corrected chi connectivity index (χ1v) is 7.85. The van der Waals surface area contributed by atoms with Crippen LogP contribution >= 0.6 is 0 Å². The summed E-state index contributed by atoms with van der Waals surface area (Å²) in [5, 5.41) is 3.34. The highest BCUT2D eigenvalue weighted by Crippen LogP contribution is 2.23. The summed E-state index contributed by atoms with van der Waals surface area (Å²) in [6.45, 7) is 3.46. The largest absolute Gasteiger partial charge is 0.494 e. The van der Waals surface area contributed by atoms with E-state index in [-0.39, 0.29) is 6.04 Å². The Bertz CT molecular complexity index is 371. The number of benzene rings is 1. The number of nitrogens with one attached hydrogen (secondary N) is 1. The summed E-state index contributed by atoms with van der Waals surface area (Å²) < 4.78 is 11.6. The predicted molar refractivity (Wildman–Crippen MR) is 82.2 cm³/mol. The molecule has 1 unspecified atom stereocenters. The fourth-order valence-electron chi connectivity index (χ4n) is 2.77. The van der Waals surface area contributed by atoms with Gasteiger partial charge < -0.3 is 14.8 Å². The summed E-state index contributed by atoms with van der Waals surface area (Å²) >= 11 is 0. The molecule has 1 fully saturated rings. The Hall–Kier alpha value is -1.06. The first-order chi connectivity index (χ1) is 9.83. The van der Waals surface area contributed by atoms with Gasteiger partial charge in [-0.05, 0) is 44.5 Å². The molecule has 1 N–H and O–H groups in total. The zero-order valence-electron chi connectivity index (χ0n) is 12.7. The molecule has 1 aliphatic rings. The zero-order chi connectivity index (χ0) is 14.2. The van der Waals surface area contributed by atoms with E-state index in [2.05, 4.69) is 17.4 Å². The van der Waals surface area contributed by atoms with Crippen molar-refractivity contribution in [3.05, 3.63) is 29.8 Å². The molecule has 2 rings (SSSR count). The predicted octanol–water partition coefficient (Wildman–Crippen LogP) is 3.70. The Balaban J connectivity index is 1.86. The third-order valence-corrected chi connectivity index (χ3v) is 3.99.